The Morgan fingerprint density at radius 3 is 2.44 bits per heavy atom. The fraction of sp³-hybridized carbons (Fsp3) is 0.316. The number of carbonyl (C=O) groups is 1. The molecule has 8 heteroatoms. The molecule has 0 bridgehead atoms. The molecule has 1 heterocycles. The predicted octanol–water partition coefficient (Wildman–Crippen LogP) is 2.86. The molecule has 1 N–H and O–H groups in total. The van der Waals surface area contributed by atoms with Gasteiger partial charge in [-0.05, 0) is 49.6 Å². The van der Waals surface area contributed by atoms with Crippen LogP contribution in [0.3, 0.4) is 0 Å². The molecule has 27 heavy (non-hydrogen) atoms. The Morgan fingerprint density at radius 1 is 1.11 bits per heavy atom. The molecule has 1 fully saturated rings. The molecule has 1 aliphatic heterocycles. The van der Waals surface area contributed by atoms with Crippen LogP contribution >= 0.6 is 0 Å². The van der Waals surface area contributed by atoms with Crippen molar-refractivity contribution in [2.24, 2.45) is 0 Å². The minimum atomic E-state index is -4.12. The minimum Gasteiger partial charge on any atom is -0.349 e. The van der Waals surface area contributed by atoms with E-state index in [-0.39, 0.29) is 25.0 Å². The highest BCUT2D eigenvalue weighted by Crippen LogP contribution is 2.24. The Hall–Kier alpha value is -2.32. The Kier molecular flexibility index (Phi) is 5.57. The zero-order valence-electron chi connectivity index (χ0n) is 14.8. The van der Waals surface area contributed by atoms with E-state index < -0.39 is 26.6 Å². The topological polar surface area (TPSA) is 66.5 Å². The maximum absolute atomic E-state index is 13.9. The number of sulfonamides is 1. The van der Waals surface area contributed by atoms with E-state index in [0.717, 1.165) is 22.0 Å². The lowest BCUT2D eigenvalue weighted by molar-refractivity contribution is 0.0923. The molecule has 3 rings (SSSR count). The lowest BCUT2D eigenvalue weighted by Crippen LogP contribution is -2.46. The number of halogens is 2. The first-order chi connectivity index (χ1) is 12.8. The predicted molar refractivity (Wildman–Crippen MR) is 96.8 cm³/mol. The molecule has 0 aliphatic carbocycles. The fourth-order valence-electron chi connectivity index (χ4n) is 3.15. The number of nitrogens with one attached hydrogen (secondary N) is 1. The highest BCUT2D eigenvalue weighted by molar-refractivity contribution is 7.89. The molecule has 0 atom stereocenters. The third kappa shape index (κ3) is 4.17. The zero-order valence-corrected chi connectivity index (χ0v) is 15.6. The monoisotopic (exact) mass is 394 g/mol. The first kappa shape index (κ1) is 19.4. The van der Waals surface area contributed by atoms with Crippen LogP contribution in [0.15, 0.2) is 47.4 Å². The average molecular weight is 394 g/mol. The molecule has 1 amide bonds. The van der Waals surface area contributed by atoms with Gasteiger partial charge in [0.15, 0.2) is 0 Å². The molecule has 0 aromatic heterocycles. The van der Waals surface area contributed by atoms with E-state index in [1.165, 1.54) is 0 Å². The molecule has 1 aliphatic rings. The van der Waals surface area contributed by atoms with Gasteiger partial charge in [0, 0.05) is 24.7 Å². The molecule has 0 saturated carbocycles. The maximum Gasteiger partial charge on any atom is 0.251 e. The number of nitrogens with zero attached hydrogens (tertiary/aromatic N) is 1. The minimum absolute atomic E-state index is 0.122. The first-order valence-corrected chi connectivity index (χ1v) is 10.0. The molecule has 1 saturated heterocycles. The van der Waals surface area contributed by atoms with E-state index in [1.54, 1.807) is 12.1 Å². The van der Waals surface area contributed by atoms with Crippen LogP contribution in [0, 0.1) is 18.6 Å². The van der Waals surface area contributed by atoms with Crippen molar-refractivity contribution in [1.29, 1.82) is 0 Å². The Morgan fingerprint density at radius 2 is 1.78 bits per heavy atom. The van der Waals surface area contributed by atoms with E-state index in [2.05, 4.69) is 5.32 Å². The summed E-state index contributed by atoms with van der Waals surface area (Å²) >= 11 is 0. The average Bonchev–Trinajstić information content (AvgIpc) is 2.64. The second-order valence-electron chi connectivity index (χ2n) is 6.54. The number of benzene rings is 2. The smallest absolute Gasteiger partial charge is 0.251 e. The van der Waals surface area contributed by atoms with Gasteiger partial charge in [0.05, 0.1) is 0 Å². The van der Waals surface area contributed by atoms with Crippen molar-refractivity contribution in [3.8, 4) is 0 Å². The third-order valence-corrected chi connectivity index (χ3v) is 6.60. The number of rotatable bonds is 4. The molecular formula is C19H20F2N2O3S. The highest BCUT2D eigenvalue weighted by atomic mass is 32.2. The zero-order chi connectivity index (χ0) is 19.6. The van der Waals surface area contributed by atoms with Crippen molar-refractivity contribution in [2.75, 3.05) is 13.1 Å². The van der Waals surface area contributed by atoms with Gasteiger partial charge >= 0.3 is 0 Å². The van der Waals surface area contributed by atoms with Gasteiger partial charge in [0.25, 0.3) is 5.91 Å². The number of amides is 1. The molecule has 2 aromatic carbocycles. The molecule has 144 valence electrons. The lowest BCUT2D eigenvalue weighted by Gasteiger charge is -2.31. The molecule has 0 spiro atoms. The van der Waals surface area contributed by atoms with Crippen molar-refractivity contribution in [3.05, 3.63) is 65.2 Å². The van der Waals surface area contributed by atoms with Crippen molar-refractivity contribution in [2.45, 2.75) is 30.7 Å². The summed E-state index contributed by atoms with van der Waals surface area (Å²) < 4.78 is 53.5. The maximum atomic E-state index is 13.9. The summed E-state index contributed by atoms with van der Waals surface area (Å²) in [6, 6.07) is 9.40. The summed E-state index contributed by atoms with van der Waals surface area (Å²) in [4.78, 5) is 11.7. The van der Waals surface area contributed by atoms with Crippen molar-refractivity contribution in [1.82, 2.24) is 9.62 Å². The molecule has 5 nitrogen and oxygen atoms in total. The second-order valence-corrected chi connectivity index (χ2v) is 8.45. The van der Waals surface area contributed by atoms with Crippen LogP contribution in [0.4, 0.5) is 8.78 Å². The number of hydrogen-bond acceptors (Lipinski definition) is 3. The van der Waals surface area contributed by atoms with Gasteiger partial charge in [0.2, 0.25) is 10.0 Å². The van der Waals surface area contributed by atoms with E-state index in [4.69, 9.17) is 0 Å². The summed E-state index contributed by atoms with van der Waals surface area (Å²) in [5, 5.41) is 2.91. The van der Waals surface area contributed by atoms with Gasteiger partial charge in [-0.25, -0.2) is 17.2 Å². The second kappa shape index (κ2) is 7.74. The van der Waals surface area contributed by atoms with Gasteiger partial charge in [-0.3, -0.25) is 4.79 Å². The van der Waals surface area contributed by atoms with Crippen LogP contribution in [0.1, 0.15) is 28.8 Å². The summed E-state index contributed by atoms with van der Waals surface area (Å²) in [5.74, 6) is -1.99. The van der Waals surface area contributed by atoms with Gasteiger partial charge < -0.3 is 5.32 Å². The van der Waals surface area contributed by atoms with E-state index in [0.29, 0.717) is 24.5 Å². The molecule has 0 radical (unpaired) electrons. The Bertz CT molecular complexity index is 955. The van der Waals surface area contributed by atoms with Gasteiger partial charge in [0.1, 0.15) is 16.5 Å². The Balaban J connectivity index is 1.66. The fourth-order valence-corrected chi connectivity index (χ4v) is 4.69. The number of hydrogen-bond donors (Lipinski definition) is 1. The van der Waals surface area contributed by atoms with E-state index in [9.17, 15) is 22.0 Å². The number of piperidine rings is 1. The van der Waals surface area contributed by atoms with Crippen molar-refractivity contribution < 1.29 is 22.0 Å². The number of aryl methyl sites for hydroxylation is 1. The van der Waals surface area contributed by atoms with Crippen LogP contribution in [0.25, 0.3) is 0 Å². The van der Waals surface area contributed by atoms with Crippen LogP contribution in [0.5, 0.6) is 0 Å². The van der Waals surface area contributed by atoms with Crippen molar-refractivity contribution >= 4 is 15.9 Å². The normalized spacial score (nSPS) is 16.3. The van der Waals surface area contributed by atoms with E-state index in [1.807, 2.05) is 19.1 Å². The SMILES string of the molecule is Cc1ccccc1C(=O)NC1CCN(S(=O)(=O)c2cc(F)ccc2F)CC1. The molecule has 2 aromatic rings. The summed E-state index contributed by atoms with van der Waals surface area (Å²) in [7, 11) is -4.12. The van der Waals surface area contributed by atoms with Gasteiger partial charge in [-0.1, -0.05) is 18.2 Å². The molecular weight excluding hydrogens is 374 g/mol. The van der Waals surface area contributed by atoms with Gasteiger partial charge in [-0.15, -0.1) is 0 Å². The van der Waals surface area contributed by atoms with Gasteiger partial charge in [-0.2, -0.15) is 4.31 Å². The quantitative estimate of drug-likeness (QED) is 0.867. The van der Waals surface area contributed by atoms with Crippen LogP contribution in [0.2, 0.25) is 0 Å². The summed E-state index contributed by atoms with van der Waals surface area (Å²) in [6.45, 7) is 2.09. The third-order valence-electron chi connectivity index (χ3n) is 4.69. The van der Waals surface area contributed by atoms with Crippen LogP contribution in [-0.4, -0.2) is 37.8 Å². The standard InChI is InChI=1S/C19H20F2N2O3S/c1-13-4-2-3-5-16(13)19(24)22-15-8-10-23(11-9-15)27(25,26)18-12-14(20)6-7-17(18)21/h2-7,12,15H,8-11H2,1H3,(H,22,24). The summed E-state index contributed by atoms with van der Waals surface area (Å²) in [6.07, 6.45) is 0.793. The number of carbonyl (C=O) groups excluding carboxylic acids is 1. The Labute approximate surface area is 157 Å². The largest absolute Gasteiger partial charge is 0.349 e. The van der Waals surface area contributed by atoms with E-state index >= 15 is 0 Å². The molecule has 0 unspecified atom stereocenters. The lowest BCUT2D eigenvalue weighted by atomic mass is 10.0. The summed E-state index contributed by atoms with van der Waals surface area (Å²) in [5.41, 5.74) is 1.44. The highest BCUT2D eigenvalue weighted by Gasteiger charge is 2.32. The van der Waals surface area contributed by atoms with Crippen LogP contribution < -0.4 is 5.32 Å². The van der Waals surface area contributed by atoms with Crippen LogP contribution in [-0.2, 0) is 10.0 Å². The van der Waals surface area contributed by atoms with Crippen molar-refractivity contribution in [3.63, 3.8) is 0 Å². The first-order valence-electron chi connectivity index (χ1n) is 8.61.